The van der Waals surface area contributed by atoms with E-state index in [9.17, 15) is 26.7 Å². The van der Waals surface area contributed by atoms with Crippen molar-refractivity contribution in [3.63, 3.8) is 0 Å². The van der Waals surface area contributed by atoms with Gasteiger partial charge in [-0.25, -0.2) is 18.3 Å². The summed E-state index contributed by atoms with van der Waals surface area (Å²) >= 11 is 5.90. The molecule has 1 aromatic carbocycles. The van der Waals surface area contributed by atoms with Crippen LogP contribution in [-0.2, 0) is 10.2 Å². The van der Waals surface area contributed by atoms with Gasteiger partial charge in [0.2, 0.25) is 0 Å². The van der Waals surface area contributed by atoms with Crippen LogP contribution in [-0.4, -0.2) is 39.5 Å². The van der Waals surface area contributed by atoms with Crippen LogP contribution in [0.15, 0.2) is 36.5 Å². The van der Waals surface area contributed by atoms with Gasteiger partial charge in [-0.3, -0.25) is 0 Å². The zero-order valence-corrected chi connectivity index (χ0v) is 17.5. The van der Waals surface area contributed by atoms with Crippen LogP contribution in [0.4, 0.5) is 33.3 Å². The van der Waals surface area contributed by atoms with E-state index in [4.69, 9.17) is 11.6 Å². The first kappa shape index (κ1) is 21.1. The Hall–Kier alpha value is -2.75. The number of hydrogen-bond acceptors (Lipinski definition) is 4. The maximum atomic E-state index is 14.2. The summed E-state index contributed by atoms with van der Waals surface area (Å²) in [6.45, 7) is 1.82. The van der Waals surface area contributed by atoms with Crippen LogP contribution < -0.4 is 4.90 Å². The lowest BCUT2D eigenvalue weighted by atomic mass is 9.87. The van der Waals surface area contributed by atoms with Crippen molar-refractivity contribution < 1.29 is 26.7 Å². The smallest absolute Gasteiger partial charge is 0.337 e. The van der Waals surface area contributed by atoms with Crippen LogP contribution >= 0.6 is 11.6 Å². The largest absolute Gasteiger partial charge is 0.401 e. The summed E-state index contributed by atoms with van der Waals surface area (Å²) in [4.78, 5) is 16.8. The predicted molar refractivity (Wildman–Crippen MR) is 107 cm³/mol. The van der Waals surface area contributed by atoms with E-state index in [1.54, 1.807) is 0 Å². The average molecular weight is 471 g/mol. The molecule has 0 amide bonds. The molecule has 1 aliphatic heterocycles. The van der Waals surface area contributed by atoms with Crippen molar-refractivity contribution in [1.29, 1.82) is 0 Å². The van der Waals surface area contributed by atoms with Crippen molar-refractivity contribution in [2.45, 2.75) is 37.3 Å². The van der Waals surface area contributed by atoms with Gasteiger partial charge < -0.3 is 9.69 Å². The molecule has 0 spiro atoms. The second kappa shape index (κ2) is 6.18. The molecule has 11 heteroatoms. The fourth-order valence-electron chi connectivity index (χ4n) is 4.64. The van der Waals surface area contributed by atoms with E-state index in [1.165, 1.54) is 48.4 Å². The Morgan fingerprint density at radius 2 is 1.84 bits per heavy atom. The lowest BCUT2D eigenvalue weighted by Gasteiger charge is -2.28. The van der Waals surface area contributed by atoms with Gasteiger partial charge in [0, 0.05) is 18.3 Å². The molecular formula is C21H16ClF5N4O. The highest BCUT2D eigenvalue weighted by atomic mass is 35.5. The monoisotopic (exact) mass is 470 g/mol. The summed E-state index contributed by atoms with van der Waals surface area (Å²) in [5.74, 6) is -4.43. The van der Waals surface area contributed by atoms with Gasteiger partial charge in [0.15, 0.2) is 10.8 Å². The SMILES string of the molecule is CC1(C(F)(F)F)CN(c2ccc(C3C(F)(F)C3(C)C=O)cc2)c2cnc3cc(Cl)nn3c21. The molecule has 5 rings (SSSR count). The normalized spacial score (nSPS) is 28.8. The van der Waals surface area contributed by atoms with E-state index in [0.29, 0.717) is 5.69 Å². The van der Waals surface area contributed by atoms with Crippen LogP contribution in [0.3, 0.4) is 0 Å². The molecule has 0 bridgehead atoms. The van der Waals surface area contributed by atoms with Gasteiger partial charge in [-0.15, -0.1) is 0 Å². The van der Waals surface area contributed by atoms with E-state index in [1.807, 2.05) is 0 Å². The van der Waals surface area contributed by atoms with Gasteiger partial charge in [0.25, 0.3) is 5.92 Å². The number of nitrogens with zero attached hydrogens (tertiary/aromatic N) is 4. The number of halogens is 6. The molecule has 1 fully saturated rings. The highest BCUT2D eigenvalue weighted by Gasteiger charge is 2.78. The Bertz CT molecular complexity index is 1260. The number of anilines is 2. The molecular weight excluding hydrogens is 455 g/mol. The molecule has 3 heterocycles. The summed E-state index contributed by atoms with van der Waals surface area (Å²) in [5, 5.41) is 4.00. The maximum Gasteiger partial charge on any atom is 0.401 e. The molecule has 3 unspecified atom stereocenters. The minimum absolute atomic E-state index is 0.0156. The third kappa shape index (κ3) is 2.52. The van der Waals surface area contributed by atoms with Gasteiger partial charge in [0.05, 0.1) is 28.9 Å². The second-order valence-electron chi connectivity index (χ2n) is 8.69. The molecule has 2 aliphatic rings. The number of carbonyl (C=O) groups is 1. The van der Waals surface area contributed by atoms with Crippen molar-refractivity contribution in [2.75, 3.05) is 11.4 Å². The first-order valence-electron chi connectivity index (χ1n) is 9.68. The molecule has 0 radical (unpaired) electrons. The number of rotatable bonds is 3. The zero-order chi connectivity index (χ0) is 23.3. The molecule has 1 saturated carbocycles. The number of benzene rings is 1. The summed E-state index contributed by atoms with van der Waals surface area (Å²) in [5.41, 5.74) is -3.16. The highest BCUT2D eigenvalue weighted by Crippen LogP contribution is 2.70. The summed E-state index contributed by atoms with van der Waals surface area (Å²) in [6.07, 6.45) is -3.03. The third-order valence-corrected chi connectivity index (χ3v) is 6.91. The summed E-state index contributed by atoms with van der Waals surface area (Å²) in [6, 6.07) is 7.16. The molecule has 1 aliphatic carbocycles. The van der Waals surface area contributed by atoms with Gasteiger partial charge in [-0.1, -0.05) is 23.7 Å². The third-order valence-electron chi connectivity index (χ3n) is 6.73. The van der Waals surface area contributed by atoms with Crippen molar-refractivity contribution in [3.8, 4) is 0 Å². The molecule has 5 nitrogen and oxygen atoms in total. The lowest BCUT2D eigenvalue weighted by molar-refractivity contribution is -0.181. The van der Waals surface area contributed by atoms with Crippen LogP contribution in [0.25, 0.3) is 5.65 Å². The molecule has 32 heavy (non-hydrogen) atoms. The Labute approximate surface area is 183 Å². The Morgan fingerprint density at radius 1 is 1.19 bits per heavy atom. The van der Waals surface area contributed by atoms with Crippen molar-refractivity contribution >= 4 is 34.9 Å². The molecule has 3 atom stereocenters. The standard InChI is InChI=1S/C21H16ClF5N4O/c1-18(21(25,26)27)9-30(13-8-28-15-7-14(22)29-31(15)17(13)18)12-5-3-11(4-6-12)16-19(2,10-32)20(16,23)24/h3-8,10,16H,9H2,1-2H3. The fourth-order valence-corrected chi connectivity index (χ4v) is 4.81. The Balaban J connectivity index is 1.59. The minimum atomic E-state index is -4.61. The van der Waals surface area contributed by atoms with E-state index >= 15 is 0 Å². The van der Waals surface area contributed by atoms with E-state index < -0.39 is 35.4 Å². The predicted octanol–water partition coefficient (Wildman–Crippen LogP) is 5.29. The molecule has 168 valence electrons. The summed E-state index contributed by atoms with van der Waals surface area (Å²) < 4.78 is 71.9. The fraction of sp³-hybridized carbons (Fsp3) is 0.381. The van der Waals surface area contributed by atoms with Crippen LogP contribution in [0.2, 0.25) is 5.15 Å². The highest BCUT2D eigenvalue weighted by molar-refractivity contribution is 6.29. The first-order chi connectivity index (χ1) is 14.8. The van der Waals surface area contributed by atoms with Crippen molar-refractivity contribution in [1.82, 2.24) is 14.6 Å². The van der Waals surface area contributed by atoms with Gasteiger partial charge in [-0.2, -0.15) is 18.3 Å². The Kier molecular flexibility index (Phi) is 4.08. The molecule has 2 aromatic heterocycles. The number of alkyl halides is 5. The quantitative estimate of drug-likeness (QED) is 0.385. The van der Waals surface area contributed by atoms with Gasteiger partial charge in [0.1, 0.15) is 11.7 Å². The van der Waals surface area contributed by atoms with Crippen molar-refractivity contribution in [3.05, 3.63) is 52.9 Å². The van der Waals surface area contributed by atoms with Gasteiger partial charge in [-0.05, 0) is 31.5 Å². The van der Waals surface area contributed by atoms with E-state index in [0.717, 1.165) is 11.4 Å². The van der Waals surface area contributed by atoms with Crippen molar-refractivity contribution in [2.24, 2.45) is 5.41 Å². The molecule has 0 saturated heterocycles. The lowest BCUT2D eigenvalue weighted by Crippen LogP contribution is -2.43. The number of fused-ring (bicyclic) bond motifs is 3. The Morgan fingerprint density at radius 3 is 2.41 bits per heavy atom. The van der Waals surface area contributed by atoms with Crippen LogP contribution in [0.1, 0.15) is 31.0 Å². The zero-order valence-electron chi connectivity index (χ0n) is 16.8. The maximum absolute atomic E-state index is 14.2. The number of carbonyl (C=O) groups excluding carboxylic acids is 1. The number of aldehydes is 1. The second-order valence-corrected chi connectivity index (χ2v) is 9.08. The first-order valence-corrected chi connectivity index (χ1v) is 10.1. The minimum Gasteiger partial charge on any atom is -0.337 e. The van der Waals surface area contributed by atoms with Gasteiger partial charge >= 0.3 is 6.18 Å². The number of aromatic nitrogens is 3. The summed E-state index contributed by atoms with van der Waals surface area (Å²) in [7, 11) is 0. The number of hydrogen-bond donors (Lipinski definition) is 0. The van der Waals surface area contributed by atoms with E-state index in [-0.39, 0.29) is 34.0 Å². The molecule has 0 N–H and O–H groups in total. The average Bonchev–Trinajstić information content (AvgIpc) is 3.02. The van der Waals surface area contributed by atoms with Crippen LogP contribution in [0.5, 0.6) is 0 Å². The van der Waals surface area contributed by atoms with E-state index in [2.05, 4.69) is 10.1 Å². The topological polar surface area (TPSA) is 50.5 Å². The molecule has 3 aromatic rings. The van der Waals surface area contributed by atoms with Crippen LogP contribution in [0, 0.1) is 5.41 Å².